The highest BCUT2D eigenvalue weighted by molar-refractivity contribution is 5.96. The van der Waals surface area contributed by atoms with E-state index in [1.807, 2.05) is 43.3 Å². The standard InChI is InChI=1S/C28H36N2O2/c1-18(2)22-9-8-10-26(23(22)17-29)32-25-12-11-21(13-19(25)3)24(31)14-20-15-27(4,5)30-28(6,7)16-20/h8-13,18,20,30H,14-16H2,1-7H3. The number of piperidine rings is 1. The molecule has 0 unspecified atom stereocenters. The molecule has 1 aliphatic heterocycles. The van der Waals surface area contributed by atoms with Crippen LogP contribution in [0.3, 0.4) is 0 Å². The molecular formula is C28H36N2O2. The van der Waals surface area contributed by atoms with E-state index in [9.17, 15) is 10.1 Å². The van der Waals surface area contributed by atoms with Gasteiger partial charge in [0.1, 0.15) is 17.6 Å². The summed E-state index contributed by atoms with van der Waals surface area (Å²) >= 11 is 0. The molecule has 1 saturated heterocycles. The van der Waals surface area contributed by atoms with Crippen LogP contribution in [0.1, 0.15) is 93.8 Å². The topological polar surface area (TPSA) is 62.1 Å². The normalized spacial score (nSPS) is 17.7. The lowest BCUT2D eigenvalue weighted by molar-refractivity contribution is 0.0864. The van der Waals surface area contributed by atoms with Crippen molar-refractivity contribution in [1.29, 1.82) is 5.26 Å². The van der Waals surface area contributed by atoms with E-state index in [1.165, 1.54) is 0 Å². The number of aryl methyl sites for hydroxylation is 1. The number of hydrogen-bond acceptors (Lipinski definition) is 4. The lowest BCUT2D eigenvalue weighted by Crippen LogP contribution is -2.57. The predicted octanol–water partition coefficient (Wildman–Crippen LogP) is 6.91. The van der Waals surface area contributed by atoms with Gasteiger partial charge in [-0.1, -0.05) is 26.0 Å². The number of Topliss-reactive ketones (excluding diaryl/α,β-unsaturated/α-hetero) is 1. The van der Waals surface area contributed by atoms with E-state index in [2.05, 4.69) is 52.9 Å². The summed E-state index contributed by atoms with van der Waals surface area (Å²) < 4.78 is 6.12. The first-order valence-corrected chi connectivity index (χ1v) is 11.5. The molecule has 3 rings (SSSR count). The molecule has 4 nitrogen and oxygen atoms in total. The monoisotopic (exact) mass is 432 g/mol. The van der Waals surface area contributed by atoms with Crippen molar-refractivity contribution in [3.8, 4) is 17.6 Å². The van der Waals surface area contributed by atoms with Crippen molar-refractivity contribution < 1.29 is 9.53 Å². The Labute approximate surface area is 193 Å². The fourth-order valence-corrected chi connectivity index (χ4v) is 5.35. The van der Waals surface area contributed by atoms with Gasteiger partial charge in [0.2, 0.25) is 0 Å². The fourth-order valence-electron chi connectivity index (χ4n) is 5.35. The summed E-state index contributed by atoms with van der Waals surface area (Å²) in [4.78, 5) is 13.1. The minimum atomic E-state index is 0.0310. The molecule has 170 valence electrons. The van der Waals surface area contributed by atoms with Crippen molar-refractivity contribution in [3.63, 3.8) is 0 Å². The molecule has 4 heteroatoms. The summed E-state index contributed by atoms with van der Waals surface area (Å²) in [5.74, 6) is 2.00. The number of nitrogens with zero attached hydrogens (tertiary/aromatic N) is 1. The maximum absolute atomic E-state index is 13.1. The summed E-state index contributed by atoms with van der Waals surface area (Å²) in [6.45, 7) is 14.9. The van der Waals surface area contributed by atoms with Gasteiger partial charge >= 0.3 is 0 Å². The van der Waals surface area contributed by atoms with Crippen LogP contribution in [0, 0.1) is 24.2 Å². The van der Waals surface area contributed by atoms with Crippen molar-refractivity contribution in [1.82, 2.24) is 5.32 Å². The van der Waals surface area contributed by atoms with Gasteiger partial charge in [-0.15, -0.1) is 0 Å². The Kier molecular flexibility index (Phi) is 6.81. The average Bonchev–Trinajstić information content (AvgIpc) is 2.66. The molecule has 0 bridgehead atoms. The van der Waals surface area contributed by atoms with E-state index in [0.717, 1.165) is 29.5 Å². The summed E-state index contributed by atoms with van der Waals surface area (Å²) in [5.41, 5.74) is 3.22. The molecule has 0 saturated carbocycles. The van der Waals surface area contributed by atoms with E-state index in [1.54, 1.807) is 0 Å². The lowest BCUT2D eigenvalue weighted by Gasteiger charge is -2.46. The fraction of sp³-hybridized carbons (Fsp3) is 0.500. The largest absolute Gasteiger partial charge is 0.456 e. The van der Waals surface area contributed by atoms with Crippen LogP contribution >= 0.6 is 0 Å². The Morgan fingerprint density at radius 1 is 1.12 bits per heavy atom. The molecule has 0 aromatic heterocycles. The number of carbonyl (C=O) groups excluding carboxylic acids is 1. The quantitative estimate of drug-likeness (QED) is 0.504. The molecule has 1 N–H and O–H groups in total. The third kappa shape index (κ3) is 5.58. The van der Waals surface area contributed by atoms with Crippen molar-refractivity contribution in [2.75, 3.05) is 0 Å². The van der Waals surface area contributed by atoms with Crippen LogP contribution in [-0.2, 0) is 0 Å². The van der Waals surface area contributed by atoms with Crippen molar-refractivity contribution in [3.05, 3.63) is 58.7 Å². The molecule has 1 aliphatic rings. The Hall–Kier alpha value is -2.64. The minimum Gasteiger partial charge on any atom is -0.456 e. The van der Waals surface area contributed by atoms with Gasteiger partial charge in [-0.05, 0) is 94.7 Å². The first kappa shape index (κ1) is 24.0. The van der Waals surface area contributed by atoms with Crippen LogP contribution < -0.4 is 10.1 Å². The molecule has 0 spiro atoms. The summed E-state index contributed by atoms with van der Waals surface area (Å²) in [7, 11) is 0. The number of carbonyl (C=O) groups is 1. The number of ketones is 1. The number of nitriles is 1. The smallest absolute Gasteiger partial charge is 0.163 e. The predicted molar refractivity (Wildman–Crippen MR) is 129 cm³/mol. The molecule has 2 aromatic carbocycles. The Balaban J connectivity index is 1.77. The Bertz CT molecular complexity index is 1030. The van der Waals surface area contributed by atoms with E-state index >= 15 is 0 Å². The second kappa shape index (κ2) is 9.08. The van der Waals surface area contributed by atoms with E-state index in [4.69, 9.17) is 4.74 Å². The minimum absolute atomic E-state index is 0.0310. The number of benzene rings is 2. The molecular weight excluding hydrogens is 396 g/mol. The van der Waals surface area contributed by atoms with Crippen LogP contribution in [0.15, 0.2) is 36.4 Å². The average molecular weight is 433 g/mol. The van der Waals surface area contributed by atoms with Crippen LogP contribution in [0.2, 0.25) is 0 Å². The molecule has 1 heterocycles. The highest BCUT2D eigenvalue weighted by Gasteiger charge is 2.38. The summed E-state index contributed by atoms with van der Waals surface area (Å²) in [5, 5.41) is 13.3. The van der Waals surface area contributed by atoms with E-state index in [0.29, 0.717) is 29.4 Å². The van der Waals surface area contributed by atoms with Crippen molar-refractivity contribution in [2.24, 2.45) is 5.92 Å². The molecule has 0 aliphatic carbocycles. The number of hydrogen-bond donors (Lipinski definition) is 1. The molecule has 0 radical (unpaired) electrons. The maximum atomic E-state index is 13.1. The van der Waals surface area contributed by atoms with Crippen molar-refractivity contribution in [2.45, 2.75) is 84.7 Å². The molecule has 32 heavy (non-hydrogen) atoms. The van der Waals surface area contributed by atoms with Crippen LogP contribution in [0.5, 0.6) is 11.5 Å². The molecule has 0 amide bonds. The molecule has 2 aromatic rings. The Morgan fingerprint density at radius 2 is 1.78 bits per heavy atom. The summed E-state index contributed by atoms with van der Waals surface area (Å²) in [6, 6.07) is 13.6. The molecule has 0 atom stereocenters. The van der Waals surface area contributed by atoms with Gasteiger partial charge in [-0.25, -0.2) is 0 Å². The number of nitrogens with one attached hydrogen (secondary N) is 1. The first-order valence-electron chi connectivity index (χ1n) is 11.5. The van der Waals surface area contributed by atoms with Gasteiger partial charge < -0.3 is 10.1 Å². The maximum Gasteiger partial charge on any atom is 0.163 e. The second-order valence-electron chi connectivity index (χ2n) is 10.9. The third-order valence-corrected chi connectivity index (χ3v) is 6.26. The summed E-state index contributed by atoms with van der Waals surface area (Å²) in [6.07, 6.45) is 2.54. The Morgan fingerprint density at radius 3 is 2.34 bits per heavy atom. The van der Waals surface area contributed by atoms with Crippen molar-refractivity contribution >= 4 is 5.78 Å². The SMILES string of the molecule is Cc1cc(C(=O)CC2CC(C)(C)NC(C)(C)C2)ccc1Oc1cccc(C(C)C)c1C#N. The van der Waals surface area contributed by atoms with Gasteiger partial charge in [0, 0.05) is 23.1 Å². The second-order valence-corrected chi connectivity index (χ2v) is 10.9. The number of ether oxygens (including phenoxy) is 1. The van der Waals surface area contributed by atoms with Gasteiger partial charge in [0.05, 0.1) is 5.56 Å². The van der Waals surface area contributed by atoms with Gasteiger partial charge in [0.25, 0.3) is 0 Å². The highest BCUT2D eigenvalue weighted by atomic mass is 16.5. The van der Waals surface area contributed by atoms with E-state index < -0.39 is 0 Å². The first-order chi connectivity index (χ1) is 14.9. The van der Waals surface area contributed by atoms with Crippen LogP contribution in [-0.4, -0.2) is 16.9 Å². The lowest BCUT2D eigenvalue weighted by atomic mass is 9.74. The van der Waals surface area contributed by atoms with Crippen LogP contribution in [0.4, 0.5) is 0 Å². The highest BCUT2D eigenvalue weighted by Crippen LogP contribution is 2.36. The zero-order valence-electron chi connectivity index (χ0n) is 20.5. The van der Waals surface area contributed by atoms with Crippen LogP contribution in [0.25, 0.3) is 0 Å². The van der Waals surface area contributed by atoms with Gasteiger partial charge in [0.15, 0.2) is 5.78 Å². The zero-order valence-corrected chi connectivity index (χ0v) is 20.5. The van der Waals surface area contributed by atoms with Gasteiger partial charge in [-0.3, -0.25) is 4.79 Å². The third-order valence-electron chi connectivity index (χ3n) is 6.26. The van der Waals surface area contributed by atoms with E-state index in [-0.39, 0.29) is 22.8 Å². The zero-order chi connectivity index (χ0) is 23.7. The molecule has 1 fully saturated rings. The van der Waals surface area contributed by atoms with Gasteiger partial charge in [-0.2, -0.15) is 5.26 Å². The number of rotatable bonds is 6.